The Bertz CT molecular complexity index is 1120. The van der Waals surface area contributed by atoms with E-state index in [9.17, 15) is 9.59 Å². The lowest BCUT2D eigenvalue weighted by Crippen LogP contribution is -2.60. The molecule has 4 aliphatic rings. The first-order valence-corrected chi connectivity index (χ1v) is 19.3. The lowest BCUT2D eigenvalue weighted by atomic mass is 9.85. The Labute approximate surface area is 293 Å². The van der Waals surface area contributed by atoms with Crippen molar-refractivity contribution < 1.29 is 14.3 Å². The van der Waals surface area contributed by atoms with E-state index in [2.05, 4.69) is 78.0 Å². The molecule has 272 valence electrons. The summed E-state index contributed by atoms with van der Waals surface area (Å²) in [7, 11) is 0. The molecular formula is C40H69N5O3. The number of rotatable bonds is 7. The number of nitrogens with zero attached hydrogens (tertiary/aromatic N) is 4. The standard InChI is InChI=1S/C23H37N3O.C17H32N2O2/c1-23(2)19-21(25-16-9-4-10-17-25)14-18-26(23)22(27)24-15-8-7-13-20-11-5-3-6-12-20;1-16(2,3)21-15(20)19-12-9-14(13-17(19,4)5)18-10-7-6-8-11-18/h3,5-6,11-12,21H,4,7-10,13-19H2,1-2H3,(H,24,27);14H,6-13H2,1-5H3. The largest absolute Gasteiger partial charge is 0.444 e. The van der Waals surface area contributed by atoms with E-state index in [1.54, 1.807) is 0 Å². The predicted octanol–water partition coefficient (Wildman–Crippen LogP) is 8.10. The van der Waals surface area contributed by atoms with E-state index in [0.29, 0.717) is 12.1 Å². The quantitative estimate of drug-likeness (QED) is 0.298. The van der Waals surface area contributed by atoms with Gasteiger partial charge in [-0.2, -0.15) is 0 Å². The Balaban J connectivity index is 0.000000224. The average molecular weight is 668 g/mol. The number of unbranched alkanes of at least 4 members (excludes halogenated alkanes) is 1. The highest BCUT2D eigenvalue weighted by molar-refractivity contribution is 5.75. The molecule has 1 aromatic carbocycles. The second-order valence-electron chi connectivity index (χ2n) is 17.1. The third-order valence-corrected chi connectivity index (χ3v) is 11.0. The molecule has 4 fully saturated rings. The fourth-order valence-electron chi connectivity index (χ4n) is 8.35. The average Bonchev–Trinajstić information content (AvgIpc) is 3.04. The molecule has 4 heterocycles. The summed E-state index contributed by atoms with van der Waals surface area (Å²) >= 11 is 0. The molecule has 8 nitrogen and oxygen atoms in total. The van der Waals surface area contributed by atoms with Crippen LogP contribution in [-0.4, -0.2) is 106 Å². The van der Waals surface area contributed by atoms with Crippen molar-refractivity contribution in [2.45, 2.75) is 161 Å². The number of piperidine rings is 4. The number of hydrogen-bond acceptors (Lipinski definition) is 5. The van der Waals surface area contributed by atoms with Gasteiger partial charge in [-0.3, -0.25) is 0 Å². The maximum absolute atomic E-state index is 12.7. The maximum Gasteiger partial charge on any atom is 0.410 e. The number of ether oxygens (including phenoxy) is 1. The van der Waals surface area contributed by atoms with Gasteiger partial charge in [0.2, 0.25) is 0 Å². The van der Waals surface area contributed by atoms with Crippen molar-refractivity contribution in [3.05, 3.63) is 35.9 Å². The van der Waals surface area contributed by atoms with Gasteiger partial charge in [0.15, 0.2) is 0 Å². The van der Waals surface area contributed by atoms with Gasteiger partial charge >= 0.3 is 12.1 Å². The summed E-state index contributed by atoms with van der Waals surface area (Å²) in [6.45, 7) is 22.0. The third kappa shape index (κ3) is 11.6. The first-order chi connectivity index (χ1) is 22.7. The van der Waals surface area contributed by atoms with E-state index in [0.717, 1.165) is 64.6 Å². The number of amides is 3. The summed E-state index contributed by atoms with van der Waals surface area (Å²) in [5.41, 5.74) is 0.776. The lowest BCUT2D eigenvalue weighted by Gasteiger charge is -2.49. The normalized spacial score (nSPS) is 25.1. The Kier molecular flexibility index (Phi) is 14.1. The van der Waals surface area contributed by atoms with Gasteiger partial charge in [0.05, 0.1) is 0 Å². The zero-order valence-corrected chi connectivity index (χ0v) is 31.7. The predicted molar refractivity (Wildman–Crippen MR) is 197 cm³/mol. The Morgan fingerprint density at radius 3 is 1.71 bits per heavy atom. The fourth-order valence-corrected chi connectivity index (χ4v) is 8.35. The van der Waals surface area contributed by atoms with Gasteiger partial charge in [0.25, 0.3) is 0 Å². The van der Waals surface area contributed by atoms with Gasteiger partial charge in [0.1, 0.15) is 5.60 Å². The van der Waals surface area contributed by atoms with Gasteiger partial charge in [-0.15, -0.1) is 0 Å². The van der Waals surface area contributed by atoms with Crippen LogP contribution in [0.5, 0.6) is 0 Å². The highest BCUT2D eigenvalue weighted by atomic mass is 16.6. The summed E-state index contributed by atoms with van der Waals surface area (Å²) < 4.78 is 5.57. The fraction of sp³-hybridized carbons (Fsp3) is 0.800. The number of carbonyl (C=O) groups excluding carboxylic acids is 2. The zero-order valence-electron chi connectivity index (χ0n) is 31.7. The summed E-state index contributed by atoms with van der Waals surface area (Å²) in [5.74, 6) is 0. The summed E-state index contributed by atoms with van der Waals surface area (Å²) in [4.78, 5) is 34.4. The number of likely N-dealkylation sites (tertiary alicyclic amines) is 4. The van der Waals surface area contributed by atoms with Crippen LogP contribution in [0.2, 0.25) is 0 Å². The molecule has 1 aromatic rings. The minimum Gasteiger partial charge on any atom is -0.444 e. The van der Waals surface area contributed by atoms with Crippen molar-refractivity contribution >= 4 is 12.1 Å². The van der Waals surface area contributed by atoms with E-state index < -0.39 is 5.60 Å². The molecule has 3 amide bonds. The van der Waals surface area contributed by atoms with Crippen molar-refractivity contribution in [1.29, 1.82) is 0 Å². The number of carbonyl (C=O) groups is 2. The Morgan fingerprint density at radius 2 is 1.23 bits per heavy atom. The smallest absolute Gasteiger partial charge is 0.410 e. The van der Waals surface area contributed by atoms with E-state index in [1.165, 1.54) is 70.3 Å². The molecule has 48 heavy (non-hydrogen) atoms. The van der Waals surface area contributed by atoms with Gasteiger partial charge in [-0.05, 0) is 151 Å². The van der Waals surface area contributed by atoms with Crippen molar-refractivity contribution in [3.8, 4) is 0 Å². The molecule has 0 aliphatic carbocycles. The molecule has 2 unspecified atom stereocenters. The van der Waals surface area contributed by atoms with Crippen LogP contribution < -0.4 is 5.32 Å². The van der Waals surface area contributed by atoms with E-state index in [-0.39, 0.29) is 23.2 Å². The number of hydrogen-bond donors (Lipinski definition) is 1. The monoisotopic (exact) mass is 668 g/mol. The number of nitrogens with one attached hydrogen (secondary N) is 1. The van der Waals surface area contributed by atoms with Crippen molar-refractivity contribution in [2.75, 3.05) is 45.8 Å². The number of benzene rings is 1. The lowest BCUT2D eigenvalue weighted by molar-refractivity contribution is -0.0244. The summed E-state index contributed by atoms with van der Waals surface area (Å²) in [5, 5.41) is 3.16. The van der Waals surface area contributed by atoms with Crippen molar-refractivity contribution in [1.82, 2.24) is 24.9 Å². The highest BCUT2D eigenvalue weighted by Gasteiger charge is 2.42. The molecule has 0 bridgehead atoms. The molecule has 4 aliphatic heterocycles. The van der Waals surface area contributed by atoms with Crippen LogP contribution in [0.4, 0.5) is 9.59 Å². The molecule has 1 N–H and O–H groups in total. The number of urea groups is 1. The van der Waals surface area contributed by atoms with Crippen molar-refractivity contribution in [3.63, 3.8) is 0 Å². The number of aryl methyl sites for hydroxylation is 1. The molecule has 0 radical (unpaired) electrons. The van der Waals surface area contributed by atoms with Crippen LogP contribution in [0.25, 0.3) is 0 Å². The first kappa shape index (κ1) is 38.5. The second-order valence-corrected chi connectivity index (χ2v) is 17.1. The summed E-state index contributed by atoms with van der Waals surface area (Å²) in [6, 6.07) is 12.0. The van der Waals surface area contributed by atoms with E-state index in [4.69, 9.17) is 4.74 Å². The Hall–Kier alpha value is -2.32. The van der Waals surface area contributed by atoms with Crippen molar-refractivity contribution in [2.24, 2.45) is 0 Å². The van der Waals surface area contributed by atoms with Gasteiger partial charge in [0, 0.05) is 42.8 Å². The maximum atomic E-state index is 12.7. The van der Waals surface area contributed by atoms with E-state index in [1.807, 2.05) is 25.7 Å². The third-order valence-electron chi connectivity index (χ3n) is 11.0. The molecule has 0 aromatic heterocycles. The van der Waals surface area contributed by atoms with Crippen LogP contribution in [-0.2, 0) is 11.2 Å². The van der Waals surface area contributed by atoms with Crippen LogP contribution in [0.15, 0.2) is 30.3 Å². The summed E-state index contributed by atoms with van der Waals surface area (Å²) in [6.07, 6.45) is 15.5. The second kappa shape index (κ2) is 17.6. The zero-order chi connectivity index (χ0) is 34.8. The molecule has 8 heteroatoms. The molecule has 2 atom stereocenters. The van der Waals surface area contributed by atoms with Gasteiger partial charge < -0.3 is 29.7 Å². The van der Waals surface area contributed by atoms with Crippen LogP contribution in [0.1, 0.15) is 131 Å². The van der Waals surface area contributed by atoms with Crippen LogP contribution in [0, 0.1) is 0 Å². The molecule has 5 rings (SSSR count). The minimum absolute atomic E-state index is 0.0610. The van der Waals surface area contributed by atoms with E-state index >= 15 is 0 Å². The van der Waals surface area contributed by atoms with Gasteiger partial charge in [-0.1, -0.05) is 43.2 Å². The topological polar surface area (TPSA) is 68.4 Å². The van der Waals surface area contributed by atoms with Crippen LogP contribution in [0.3, 0.4) is 0 Å². The van der Waals surface area contributed by atoms with Gasteiger partial charge in [-0.25, -0.2) is 9.59 Å². The molecular weight excluding hydrogens is 598 g/mol. The van der Waals surface area contributed by atoms with Crippen LogP contribution >= 0.6 is 0 Å². The molecule has 4 saturated heterocycles. The SMILES string of the molecule is CC(C)(C)OC(=O)N1CCC(N2CCCCC2)CC1(C)C.CC1(C)CC(N2CCCCC2)CCN1C(=O)NCCCCc1ccccc1. The highest BCUT2D eigenvalue weighted by Crippen LogP contribution is 2.33. The first-order valence-electron chi connectivity index (χ1n) is 19.3. The molecule has 0 saturated carbocycles. The molecule has 0 spiro atoms. The minimum atomic E-state index is -0.420. The Morgan fingerprint density at radius 1 is 0.729 bits per heavy atom.